The lowest BCUT2D eigenvalue weighted by Crippen LogP contribution is -2.51. The smallest absolute Gasteiger partial charge is 0.158 e. The van der Waals surface area contributed by atoms with E-state index < -0.39 is 0 Å². The summed E-state index contributed by atoms with van der Waals surface area (Å²) in [5, 5.41) is 8.78. The summed E-state index contributed by atoms with van der Waals surface area (Å²) < 4.78 is 4.60. The fraction of sp³-hybridized carbons (Fsp3) is 0. The Morgan fingerprint density at radius 2 is 1.04 bits per heavy atom. The van der Waals surface area contributed by atoms with E-state index in [1.165, 1.54) is 37.8 Å². The molecule has 0 fully saturated rings. The first kappa shape index (κ1) is 25.0. The number of fused-ring (bicyclic) bond motifs is 8. The SMILES string of the molecule is c1ccc(-n2c3ccccc3c3cc(C4=c5nccnc5=C(n5c6ccccc6c6cc7ccccc7cc65)NN4)ccc32)cc1. The van der Waals surface area contributed by atoms with Crippen LogP contribution in [0.4, 0.5) is 0 Å². The second-order valence-electron chi connectivity index (χ2n) is 11.7. The van der Waals surface area contributed by atoms with Gasteiger partial charge in [-0.05, 0) is 59.3 Å². The van der Waals surface area contributed by atoms with Gasteiger partial charge in [-0.3, -0.25) is 20.4 Å². The van der Waals surface area contributed by atoms with Crippen molar-refractivity contribution in [3.63, 3.8) is 0 Å². The van der Waals surface area contributed by atoms with Crippen LogP contribution in [0.25, 0.3) is 71.6 Å². The van der Waals surface area contributed by atoms with Crippen molar-refractivity contribution >= 4 is 65.9 Å². The van der Waals surface area contributed by atoms with E-state index in [-0.39, 0.29) is 0 Å². The minimum Gasteiger partial charge on any atom is -0.309 e. The van der Waals surface area contributed by atoms with Gasteiger partial charge in [0.2, 0.25) is 0 Å². The van der Waals surface area contributed by atoms with Gasteiger partial charge in [0.05, 0.1) is 27.8 Å². The van der Waals surface area contributed by atoms with Crippen LogP contribution in [0.5, 0.6) is 0 Å². The van der Waals surface area contributed by atoms with Crippen molar-refractivity contribution in [1.82, 2.24) is 30.0 Å². The Labute approximate surface area is 263 Å². The predicted molar refractivity (Wildman–Crippen MR) is 187 cm³/mol. The number of hydrazine groups is 1. The van der Waals surface area contributed by atoms with Gasteiger partial charge in [-0.2, -0.15) is 0 Å². The van der Waals surface area contributed by atoms with Crippen molar-refractivity contribution in [1.29, 1.82) is 0 Å². The van der Waals surface area contributed by atoms with Crippen LogP contribution in [0.3, 0.4) is 0 Å². The average Bonchev–Trinajstić information content (AvgIpc) is 3.62. The predicted octanol–water partition coefficient (Wildman–Crippen LogP) is 6.71. The number of nitrogens with zero attached hydrogens (tertiary/aromatic N) is 4. The largest absolute Gasteiger partial charge is 0.309 e. The monoisotopic (exact) mass is 590 g/mol. The van der Waals surface area contributed by atoms with Crippen LogP contribution < -0.4 is 21.5 Å². The number of hydrogen-bond donors (Lipinski definition) is 2. The second-order valence-corrected chi connectivity index (χ2v) is 11.7. The van der Waals surface area contributed by atoms with E-state index in [1.54, 1.807) is 12.4 Å². The van der Waals surface area contributed by atoms with Gasteiger partial charge in [-0.25, -0.2) is 4.98 Å². The molecule has 2 N–H and O–H groups in total. The molecule has 6 heteroatoms. The summed E-state index contributed by atoms with van der Waals surface area (Å²) in [6, 6.07) is 47.4. The molecule has 3 aromatic heterocycles. The number of rotatable bonds is 3. The molecule has 216 valence electrons. The second kappa shape index (κ2) is 9.55. The van der Waals surface area contributed by atoms with Crippen molar-refractivity contribution in [2.75, 3.05) is 0 Å². The molecule has 46 heavy (non-hydrogen) atoms. The molecule has 0 saturated carbocycles. The maximum atomic E-state index is 4.92. The molecule has 0 spiro atoms. The van der Waals surface area contributed by atoms with Gasteiger partial charge in [-0.15, -0.1) is 0 Å². The summed E-state index contributed by atoms with van der Waals surface area (Å²) in [7, 11) is 0. The summed E-state index contributed by atoms with van der Waals surface area (Å²) in [6.45, 7) is 0. The van der Waals surface area contributed by atoms with Crippen molar-refractivity contribution in [2.45, 2.75) is 0 Å². The van der Waals surface area contributed by atoms with Gasteiger partial charge in [-0.1, -0.05) is 84.9 Å². The molecule has 9 aromatic rings. The zero-order valence-electron chi connectivity index (χ0n) is 24.6. The highest BCUT2D eigenvalue weighted by molar-refractivity contribution is 6.14. The fourth-order valence-electron chi connectivity index (χ4n) is 7.18. The quantitative estimate of drug-likeness (QED) is 0.240. The number of aromatic nitrogens is 4. The van der Waals surface area contributed by atoms with Crippen LogP contribution in [0.1, 0.15) is 5.56 Å². The number of para-hydroxylation sites is 3. The summed E-state index contributed by atoms with van der Waals surface area (Å²) >= 11 is 0. The Morgan fingerprint density at radius 3 is 1.83 bits per heavy atom. The standard InChI is InChI=1S/C40H26N6/c1-2-12-28(13-3-1)45-33-16-8-6-14-29(33)31-23-27(18-19-35(31)45)37-38-39(42-21-20-41-38)40(44-43-37)46-34-17-9-7-15-30(34)32-22-25-10-4-5-11-26(25)24-36(32)46/h1-24,43-44H. The molecule has 0 amide bonds. The fourth-order valence-corrected chi connectivity index (χ4v) is 7.18. The van der Waals surface area contributed by atoms with Crippen LogP contribution >= 0.6 is 0 Å². The maximum absolute atomic E-state index is 4.92. The molecule has 0 unspecified atom stereocenters. The van der Waals surface area contributed by atoms with E-state index in [0.29, 0.717) is 0 Å². The van der Waals surface area contributed by atoms with Gasteiger partial charge < -0.3 is 4.57 Å². The molecular formula is C40H26N6. The van der Waals surface area contributed by atoms with Gasteiger partial charge >= 0.3 is 0 Å². The minimum atomic E-state index is 0.791. The summed E-state index contributed by atoms with van der Waals surface area (Å²) in [5.41, 5.74) is 14.7. The molecule has 0 atom stereocenters. The lowest BCUT2D eigenvalue weighted by Gasteiger charge is -2.22. The van der Waals surface area contributed by atoms with Gasteiger partial charge in [0, 0.05) is 45.2 Å². The highest BCUT2D eigenvalue weighted by atomic mass is 15.4. The molecule has 6 nitrogen and oxygen atoms in total. The highest BCUT2D eigenvalue weighted by Crippen LogP contribution is 2.35. The Kier molecular flexibility index (Phi) is 5.19. The minimum absolute atomic E-state index is 0.791. The first-order valence-corrected chi connectivity index (χ1v) is 15.4. The molecule has 0 radical (unpaired) electrons. The number of nitrogens with one attached hydrogen (secondary N) is 2. The van der Waals surface area contributed by atoms with Crippen molar-refractivity contribution in [3.8, 4) is 5.69 Å². The molecule has 0 aliphatic carbocycles. The Hall–Kier alpha value is -6.40. The number of benzene rings is 6. The third-order valence-electron chi connectivity index (χ3n) is 9.20. The molecule has 0 bridgehead atoms. The number of hydrogen-bond acceptors (Lipinski definition) is 4. The molecule has 4 heterocycles. The molecule has 1 aliphatic rings. The summed E-state index contributed by atoms with van der Waals surface area (Å²) in [5.74, 6) is 0.843. The van der Waals surface area contributed by atoms with Crippen molar-refractivity contribution in [2.24, 2.45) is 0 Å². The van der Waals surface area contributed by atoms with Gasteiger partial charge in [0.1, 0.15) is 10.7 Å². The zero-order valence-corrected chi connectivity index (χ0v) is 24.6. The first-order chi connectivity index (χ1) is 22.8. The van der Waals surface area contributed by atoms with E-state index in [2.05, 4.69) is 153 Å². The van der Waals surface area contributed by atoms with Crippen molar-refractivity contribution in [3.05, 3.63) is 162 Å². The Morgan fingerprint density at radius 1 is 0.435 bits per heavy atom. The van der Waals surface area contributed by atoms with Gasteiger partial charge in [0.15, 0.2) is 5.82 Å². The van der Waals surface area contributed by atoms with Crippen LogP contribution in [0, 0.1) is 0 Å². The third kappa shape index (κ3) is 3.52. The van der Waals surface area contributed by atoms with E-state index in [0.717, 1.165) is 50.0 Å². The lowest BCUT2D eigenvalue weighted by atomic mass is 10.1. The van der Waals surface area contributed by atoms with Gasteiger partial charge in [0.25, 0.3) is 0 Å². The molecule has 6 aromatic carbocycles. The van der Waals surface area contributed by atoms with Crippen LogP contribution in [-0.2, 0) is 0 Å². The maximum Gasteiger partial charge on any atom is 0.158 e. The van der Waals surface area contributed by atoms with Crippen LogP contribution in [-0.4, -0.2) is 19.1 Å². The molecular weight excluding hydrogens is 564 g/mol. The third-order valence-corrected chi connectivity index (χ3v) is 9.20. The van der Waals surface area contributed by atoms with E-state index in [4.69, 9.17) is 9.97 Å². The van der Waals surface area contributed by atoms with E-state index >= 15 is 0 Å². The summed E-state index contributed by atoms with van der Waals surface area (Å²) in [6.07, 6.45) is 3.53. The Balaban J connectivity index is 1.26. The van der Waals surface area contributed by atoms with Crippen LogP contribution in [0.15, 0.2) is 146 Å². The van der Waals surface area contributed by atoms with E-state index in [9.17, 15) is 0 Å². The van der Waals surface area contributed by atoms with Crippen LogP contribution in [0.2, 0.25) is 0 Å². The van der Waals surface area contributed by atoms with E-state index in [1.807, 2.05) is 0 Å². The lowest BCUT2D eigenvalue weighted by molar-refractivity contribution is 0.741. The first-order valence-electron chi connectivity index (χ1n) is 15.4. The zero-order chi connectivity index (χ0) is 30.2. The topological polar surface area (TPSA) is 59.7 Å². The molecule has 0 saturated heterocycles. The average molecular weight is 591 g/mol. The van der Waals surface area contributed by atoms with Crippen molar-refractivity contribution < 1.29 is 0 Å². The molecule has 10 rings (SSSR count). The summed E-state index contributed by atoms with van der Waals surface area (Å²) in [4.78, 5) is 9.82. The normalized spacial score (nSPS) is 13.0. The highest BCUT2D eigenvalue weighted by Gasteiger charge is 2.21. The Bertz CT molecular complexity index is 2810. The molecule has 1 aliphatic heterocycles.